The monoisotopic (exact) mass is 380 g/mol. The summed E-state index contributed by atoms with van der Waals surface area (Å²) in [7, 11) is 0. The van der Waals surface area contributed by atoms with E-state index >= 15 is 0 Å². The molecule has 0 spiro atoms. The standard InChI is InChI=1S/C22H24N2O4/c1-4-28-17-8-6-16(7-9-17)23-20(25)15-5-10-18-19(13-15)22(27)24(21(18)26)12-11-14(2)3/h5-10,13-14H,4,11-12H2,1-3H3,(H,23,25). The molecule has 0 atom stereocenters. The lowest BCUT2D eigenvalue weighted by atomic mass is 10.1. The summed E-state index contributed by atoms with van der Waals surface area (Å²) in [6.07, 6.45) is 0.747. The minimum Gasteiger partial charge on any atom is -0.494 e. The number of hydrogen-bond acceptors (Lipinski definition) is 4. The molecule has 0 aliphatic carbocycles. The Morgan fingerprint density at radius 1 is 1.04 bits per heavy atom. The fourth-order valence-corrected chi connectivity index (χ4v) is 3.03. The van der Waals surface area contributed by atoms with Gasteiger partial charge < -0.3 is 10.1 Å². The van der Waals surface area contributed by atoms with E-state index in [9.17, 15) is 14.4 Å². The van der Waals surface area contributed by atoms with Gasteiger partial charge in [0.2, 0.25) is 0 Å². The highest BCUT2D eigenvalue weighted by molar-refractivity contribution is 6.22. The van der Waals surface area contributed by atoms with Crippen molar-refractivity contribution in [2.24, 2.45) is 5.92 Å². The van der Waals surface area contributed by atoms with Gasteiger partial charge in [-0.2, -0.15) is 0 Å². The van der Waals surface area contributed by atoms with E-state index < -0.39 is 0 Å². The minimum atomic E-state index is -0.340. The van der Waals surface area contributed by atoms with Crippen molar-refractivity contribution in [2.45, 2.75) is 27.2 Å². The van der Waals surface area contributed by atoms with Crippen LogP contribution < -0.4 is 10.1 Å². The van der Waals surface area contributed by atoms with Gasteiger partial charge in [-0.15, -0.1) is 0 Å². The molecule has 0 saturated carbocycles. The van der Waals surface area contributed by atoms with Crippen LogP contribution in [0.5, 0.6) is 5.75 Å². The zero-order valence-corrected chi connectivity index (χ0v) is 16.3. The number of imide groups is 1. The first-order chi connectivity index (χ1) is 13.4. The van der Waals surface area contributed by atoms with Gasteiger partial charge in [0.1, 0.15) is 5.75 Å². The van der Waals surface area contributed by atoms with Gasteiger partial charge in [-0.25, -0.2) is 0 Å². The van der Waals surface area contributed by atoms with E-state index in [4.69, 9.17) is 4.74 Å². The van der Waals surface area contributed by atoms with Crippen molar-refractivity contribution in [1.29, 1.82) is 0 Å². The maximum Gasteiger partial charge on any atom is 0.261 e. The van der Waals surface area contributed by atoms with Crippen LogP contribution in [-0.2, 0) is 0 Å². The molecule has 0 aromatic heterocycles. The lowest BCUT2D eigenvalue weighted by Crippen LogP contribution is -2.31. The van der Waals surface area contributed by atoms with E-state index in [1.54, 1.807) is 36.4 Å². The third-order valence-corrected chi connectivity index (χ3v) is 4.59. The molecule has 0 radical (unpaired) electrons. The van der Waals surface area contributed by atoms with Crippen molar-refractivity contribution in [3.05, 3.63) is 59.2 Å². The minimum absolute atomic E-state index is 0.285. The molecule has 1 aliphatic heterocycles. The van der Waals surface area contributed by atoms with Crippen molar-refractivity contribution in [1.82, 2.24) is 4.90 Å². The van der Waals surface area contributed by atoms with Gasteiger partial charge in [-0.1, -0.05) is 13.8 Å². The summed E-state index contributed by atoms with van der Waals surface area (Å²) in [5, 5.41) is 2.79. The number of hydrogen-bond donors (Lipinski definition) is 1. The van der Waals surface area contributed by atoms with Gasteiger partial charge in [0, 0.05) is 17.8 Å². The van der Waals surface area contributed by atoms with Crippen molar-refractivity contribution in [3.63, 3.8) is 0 Å². The molecule has 2 aromatic rings. The lowest BCUT2D eigenvalue weighted by Gasteiger charge is -2.14. The van der Waals surface area contributed by atoms with Crippen LogP contribution in [0.4, 0.5) is 5.69 Å². The Hall–Kier alpha value is -3.15. The summed E-state index contributed by atoms with van der Waals surface area (Å²) < 4.78 is 5.38. The lowest BCUT2D eigenvalue weighted by molar-refractivity contribution is 0.0647. The molecule has 28 heavy (non-hydrogen) atoms. The molecule has 6 heteroatoms. The van der Waals surface area contributed by atoms with Crippen LogP contribution in [0.1, 0.15) is 58.3 Å². The van der Waals surface area contributed by atoms with E-state index in [-0.39, 0.29) is 23.3 Å². The summed E-state index contributed by atoms with van der Waals surface area (Å²) in [6.45, 7) is 6.95. The highest BCUT2D eigenvalue weighted by Crippen LogP contribution is 2.25. The fraction of sp³-hybridized carbons (Fsp3) is 0.318. The van der Waals surface area contributed by atoms with E-state index in [1.807, 2.05) is 20.8 Å². The largest absolute Gasteiger partial charge is 0.494 e. The Bertz CT molecular complexity index is 903. The molecule has 1 aliphatic rings. The summed E-state index contributed by atoms with van der Waals surface area (Å²) in [4.78, 5) is 38.9. The SMILES string of the molecule is CCOc1ccc(NC(=O)c2ccc3c(c2)C(=O)N(CCC(C)C)C3=O)cc1. The Kier molecular flexibility index (Phi) is 5.78. The van der Waals surface area contributed by atoms with E-state index in [0.29, 0.717) is 35.9 Å². The molecule has 0 bridgehead atoms. The summed E-state index contributed by atoms with van der Waals surface area (Å²) in [5.41, 5.74) is 1.59. The molecule has 1 heterocycles. The number of ether oxygens (including phenoxy) is 1. The van der Waals surface area contributed by atoms with Crippen molar-refractivity contribution >= 4 is 23.4 Å². The number of carbonyl (C=O) groups is 3. The second-order valence-corrected chi connectivity index (χ2v) is 7.12. The molecule has 146 valence electrons. The number of nitrogens with zero attached hydrogens (tertiary/aromatic N) is 1. The van der Waals surface area contributed by atoms with Gasteiger partial charge in [0.15, 0.2) is 0 Å². The summed E-state index contributed by atoms with van der Waals surface area (Å²) >= 11 is 0. The summed E-state index contributed by atoms with van der Waals surface area (Å²) in [6, 6.07) is 11.7. The van der Waals surface area contributed by atoms with Gasteiger partial charge in [0.25, 0.3) is 17.7 Å². The second-order valence-electron chi connectivity index (χ2n) is 7.12. The number of fused-ring (bicyclic) bond motifs is 1. The molecular weight excluding hydrogens is 356 g/mol. The molecule has 0 saturated heterocycles. The second kappa shape index (κ2) is 8.25. The first kappa shape index (κ1) is 19.6. The van der Waals surface area contributed by atoms with Gasteiger partial charge in [-0.3, -0.25) is 19.3 Å². The third kappa shape index (κ3) is 4.06. The van der Waals surface area contributed by atoms with Gasteiger partial charge in [0.05, 0.1) is 17.7 Å². The predicted molar refractivity (Wildman–Crippen MR) is 107 cm³/mol. The first-order valence-electron chi connectivity index (χ1n) is 9.45. The average Bonchev–Trinajstić information content (AvgIpc) is 2.91. The smallest absolute Gasteiger partial charge is 0.261 e. The Balaban J connectivity index is 1.74. The normalized spacial score (nSPS) is 13.1. The van der Waals surface area contributed by atoms with Crippen LogP contribution >= 0.6 is 0 Å². The van der Waals surface area contributed by atoms with Crippen molar-refractivity contribution in [3.8, 4) is 5.75 Å². The van der Waals surface area contributed by atoms with Crippen LogP contribution in [-0.4, -0.2) is 35.8 Å². The van der Waals surface area contributed by atoms with E-state index in [1.165, 1.54) is 11.0 Å². The molecule has 6 nitrogen and oxygen atoms in total. The zero-order valence-electron chi connectivity index (χ0n) is 16.3. The number of anilines is 1. The summed E-state index contributed by atoms with van der Waals surface area (Å²) in [5.74, 6) is 0.145. The van der Waals surface area contributed by atoms with Crippen LogP contribution in [0.15, 0.2) is 42.5 Å². The molecule has 1 N–H and O–H groups in total. The quantitative estimate of drug-likeness (QED) is 0.737. The molecule has 2 aromatic carbocycles. The Morgan fingerprint density at radius 3 is 2.36 bits per heavy atom. The number of rotatable bonds is 7. The van der Waals surface area contributed by atoms with Crippen LogP contribution in [0, 0.1) is 5.92 Å². The van der Waals surface area contributed by atoms with Gasteiger partial charge in [-0.05, 0) is 61.7 Å². The van der Waals surface area contributed by atoms with Crippen molar-refractivity contribution in [2.75, 3.05) is 18.5 Å². The molecular formula is C22H24N2O4. The van der Waals surface area contributed by atoms with Crippen LogP contribution in [0.2, 0.25) is 0 Å². The van der Waals surface area contributed by atoms with E-state index in [2.05, 4.69) is 5.32 Å². The number of benzene rings is 2. The fourth-order valence-electron chi connectivity index (χ4n) is 3.03. The average molecular weight is 380 g/mol. The topological polar surface area (TPSA) is 75.7 Å². The van der Waals surface area contributed by atoms with Crippen molar-refractivity contribution < 1.29 is 19.1 Å². The highest BCUT2D eigenvalue weighted by atomic mass is 16.5. The number of amides is 3. The molecule has 3 rings (SSSR count). The highest BCUT2D eigenvalue weighted by Gasteiger charge is 2.35. The number of carbonyl (C=O) groups excluding carboxylic acids is 3. The third-order valence-electron chi connectivity index (χ3n) is 4.59. The maximum atomic E-state index is 12.6. The predicted octanol–water partition coefficient (Wildman–Crippen LogP) is 3.98. The first-order valence-corrected chi connectivity index (χ1v) is 9.45. The Morgan fingerprint density at radius 2 is 1.71 bits per heavy atom. The maximum absolute atomic E-state index is 12.6. The number of nitrogens with one attached hydrogen (secondary N) is 1. The van der Waals surface area contributed by atoms with Crippen LogP contribution in [0.3, 0.4) is 0 Å². The molecule has 3 amide bonds. The van der Waals surface area contributed by atoms with E-state index in [0.717, 1.165) is 12.2 Å². The van der Waals surface area contributed by atoms with Gasteiger partial charge >= 0.3 is 0 Å². The Labute approximate surface area is 164 Å². The molecule has 0 unspecified atom stereocenters. The van der Waals surface area contributed by atoms with Crippen LogP contribution in [0.25, 0.3) is 0 Å². The zero-order chi connectivity index (χ0) is 20.3. The molecule has 0 fully saturated rings.